The summed E-state index contributed by atoms with van der Waals surface area (Å²) in [5.74, 6) is -2.08. The fourth-order valence-electron chi connectivity index (χ4n) is 5.84. The Morgan fingerprint density at radius 1 is 1.23 bits per heavy atom. The average molecular weight is 502 g/mol. The third kappa shape index (κ3) is 4.76. The number of hydrogen-bond donors (Lipinski definition) is 1. The molecule has 0 spiro atoms. The van der Waals surface area contributed by atoms with E-state index in [0.717, 1.165) is 48.8 Å². The molecular formula is C27H32ClNO6. The molecular weight excluding hydrogens is 470 g/mol. The quantitative estimate of drug-likeness (QED) is 0.391. The first kappa shape index (κ1) is 25.5. The van der Waals surface area contributed by atoms with Crippen LogP contribution in [0.5, 0.6) is 5.75 Å². The maximum absolute atomic E-state index is 13.1. The number of nitrogens with zero attached hydrogens (tertiary/aromatic N) is 1. The van der Waals surface area contributed by atoms with Crippen molar-refractivity contribution in [3.8, 4) is 5.75 Å². The van der Waals surface area contributed by atoms with Crippen LogP contribution in [-0.2, 0) is 19.1 Å². The van der Waals surface area contributed by atoms with Crippen molar-refractivity contribution in [2.45, 2.75) is 58.5 Å². The zero-order valence-corrected chi connectivity index (χ0v) is 21.1. The number of carbonyl (C=O) groups excluding carboxylic acids is 3. The molecule has 8 heteroatoms. The molecule has 0 bridgehead atoms. The van der Waals surface area contributed by atoms with Crippen LogP contribution in [0.4, 0.5) is 4.79 Å². The molecule has 35 heavy (non-hydrogen) atoms. The van der Waals surface area contributed by atoms with Crippen LogP contribution in [0.15, 0.2) is 34.9 Å². The van der Waals surface area contributed by atoms with Gasteiger partial charge in [-0.05, 0) is 61.4 Å². The standard InChI is InChI=1S/C27H32ClNO6/c1-4-6-15(11-17-8-9-18(30)13-21(17)28)7-10-22-23-16(5-2)12-19-24(20(23)14-35-22)26(32)29(25(19)31)27(33)34-3/h8-9,11,13,19-20,22,24,30H,4-7,10,12,14H2,1-3H3/b15-11+/t19-,20+,22-,24-/m1/s1. The highest BCUT2D eigenvalue weighted by molar-refractivity contribution is 6.32. The van der Waals surface area contributed by atoms with E-state index in [0.29, 0.717) is 23.0 Å². The average Bonchev–Trinajstić information content (AvgIpc) is 3.37. The number of methoxy groups -OCH3 is 1. The van der Waals surface area contributed by atoms with Gasteiger partial charge in [0.05, 0.1) is 36.7 Å². The fourth-order valence-corrected chi connectivity index (χ4v) is 6.07. The van der Waals surface area contributed by atoms with Gasteiger partial charge in [-0.1, -0.05) is 49.1 Å². The number of hydrogen-bond acceptors (Lipinski definition) is 6. The summed E-state index contributed by atoms with van der Waals surface area (Å²) in [5.41, 5.74) is 4.41. The van der Waals surface area contributed by atoms with E-state index in [1.54, 1.807) is 6.07 Å². The summed E-state index contributed by atoms with van der Waals surface area (Å²) in [6, 6.07) is 4.97. The van der Waals surface area contributed by atoms with Crippen molar-refractivity contribution in [2.75, 3.05) is 13.7 Å². The van der Waals surface area contributed by atoms with Crippen LogP contribution in [0.3, 0.4) is 0 Å². The van der Waals surface area contributed by atoms with Gasteiger partial charge in [-0.3, -0.25) is 9.59 Å². The lowest BCUT2D eigenvalue weighted by molar-refractivity contribution is -0.137. The van der Waals surface area contributed by atoms with E-state index >= 15 is 0 Å². The Hall–Kier alpha value is -2.64. The van der Waals surface area contributed by atoms with Gasteiger partial charge in [-0.2, -0.15) is 4.90 Å². The Labute approximate surface area is 210 Å². The summed E-state index contributed by atoms with van der Waals surface area (Å²) in [6.45, 7) is 4.56. The van der Waals surface area contributed by atoms with E-state index in [1.807, 2.05) is 6.07 Å². The van der Waals surface area contributed by atoms with E-state index < -0.39 is 29.7 Å². The fraction of sp³-hybridized carbons (Fsp3) is 0.519. The van der Waals surface area contributed by atoms with Gasteiger partial charge in [0.2, 0.25) is 11.8 Å². The van der Waals surface area contributed by atoms with Crippen molar-refractivity contribution in [3.05, 3.63) is 45.5 Å². The zero-order valence-electron chi connectivity index (χ0n) is 20.4. The number of benzene rings is 1. The van der Waals surface area contributed by atoms with Crippen LogP contribution < -0.4 is 0 Å². The first-order valence-corrected chi connectivity index (χ1v) is 12.7. The Kier molecular flexibility index (Phi) is 7.67. The highest BCUT2D eigenvalue weighted by Gasteiger charge is 2.58. The normalized spacial score (nSPS) is 26.3. The number of likely N-dealkylation sites (tertiary alicyclic amines) is 1. The number of carbonyl (C=O) groups is 3. The lowest BCUT2D eigenvalue weighted by Gasteiger charge is -2.31. The van der Waals surface area contributed by atoms with Crippen molar-refractivity contribution < 1.29 is 29.0 Å². The highest BCUT2D eigenvalue weighted by atomic mass is 35.5. The van der Waals surface area contributed by atoms with Crippen LogP contribution in [0.25, 0.3) is 6.08 Å². The number of ether oxygens (including phenoxy) is 2. The molecule has 3 aliphatic rings. The molecule has 1 aromatic rings. The van der Waals surface area contributed by atoms with Gasteiger partial charge >= 0.3 is 6.09 Å². The SMILES string of the molecule is CCC/C(=C\c1ccc(O)cc1Cl)CC[C@H]1OC[C@H]2C1=C(CC)C[C@H]1C(=O)N(C(=O)OC)C(=O)[C@H]12. The number of amides is 3. The zero-order chi connectivity index (χ0) is 25.3. The largest absolute Gasteiger partial charge is 0.508 e. The first-order chi connectivity index (χ1) is 16.8. The number of rotatable bonds is 7. The summed E-state index contributed by atoms with van der Waals surface area (Å²) in [6.07, 6.45) is 5.77. The third-order valence-corrected chi connectivity index (χ3v) is 7.76. The van der Waals surface area contributed by atoms with Gasteiger partial charge < -0.3 is 14.6 Å². The van der Waals surface area contributed by atoms with Crippen molar-refractivity contribution in [3.63, 3.8) is 0 Å². The van der Waals surface area contributed by atoms with Crippen LogP contribution in [0.1, 0.15) is 57.9 Å². The molecule has 2 heterocycles. The molecule has 1 aliphatic carbocycles. The molecule has 7 nitrogen and oxygen atoms in total. The van der Waals surface area contributed by atoms with Gasteiger partial charge in [0, 0.05) is 5.92 Å². The second-order valence-electron chi connectivity index (χ2n) is 9.46. The molecule has 188 valence electrons. The predicted molar refractivity (Wildman–Crippen MR) is 132 cm³/mol. The van der Waals surface area contributed by atoms with Crippen LogP contribution >= 0.6 is 11.6 Å². The molecule has 0 aromatic heterocycles. The smallest absolute Gasteiger partial charge is 0.423 e. The van der Waals surface area contributed by atoms with E-state index in [4.69, 9.17) is 16.3 Å². The lowest BCUT2D eigenvalue weighted by atomic mass is 9.69. The maximum Gasteiger partial charge on any atom is 0.423 e. The second-order valence-corrected chi connectivity index (χ2v) is 9.86. The molecule has 4 rings (SSSR count). The molecule has 2 saturated heterocycles. The molecule has 2 fully saturated rings. The van der Waals surface area contributed by atoms with Crippen molar-refractivity contribution in [1.82, 2.24) is 4.90 Å². The number of aromatic hydroxyl groups is 1. The van der Waals surface area contributed by atoms with Gasteiger partial charge in [-0.15, -0.1) is 0 Å². The third-order valence-electron chi connectivity index (χ3n) is 7.43. The summed E-state index contributed by atoms with van der Waals surface area (Å²) >= 11 is 6.32. The first-order valence-electron chi connectivity index (χ1n) is 12.3. The summed E-state index contributed by atoms with van der Waals surface area (Å²) in [5, 5.41) is 10.1. The number of allylic oxidation sites excluding steroid dienone is 2. The van der Waals surface area contributed by atoms with E-state index in [1.165, 1.54) is 18.7 Å². The van der Waals surface area contributed by atoms with E-state index in [-0.39, 0.29) is 17.8 Å². The van der Waals surface area contributed by atoms with Gasteiger partial charge in [0.25, 0.3) is 0 Å². The van der Waals surface area contributed by atoms with Crippen LogP contribution in [-0.4, -0.2) is 47.7 Å². The van der Waals surface area contributed by atoms with Gasteiger partial charge in [-0.25, -0.2) is 4.79 Å². The Bertz CT molecular complexity index is 1090. The molecule has 3 amide bonds. The topological polar surface area (TPSA) is 93.1 Å². The number of phenolic OH excluding ortho intramolecular Hbond substituents is 1. The number of fused-ring (bicyclic) bond motifs is 3. The minimum Gasteiger partial charge on any atom is -0.508 e. The summed E-state index contributed by atoms with van der Waals surface area (Å²) < 4.78 is 10.9. The highest BCUT2D eigenvalue weighted by Crippen LogP contribution is 2.50. The number of imide groups is 3. The van der Waals surface area contributed by atoms with E-state index in [2.05, 4.69) is 24.7 Å². The van der Waals surface area contributed by atoms with Crippen LogP contribution in [0, 0.1) is 17.8 Å². The molecule has 0 radical (unpaired) electrons. The molecule has 2 aliphatic heterocycles. The summed E-state index contributed by atoms with van der Waals surface area (Å²) in [4.78, 5) is 38.8. The number of phenols is 1. The predicted octanol–water partition coefficient (Wildman–Crippen LogP) is 5.50. The summed E-state index contributed by atoms with van der Waals surface area (Å²) in [7, 11) is 1.17. The molecule has 0 saturated carbocycles. The lowest BCUT2D eigenvalue weighted by Crippen LogP contribution is -2.38. The Morgan fingerprint density at radius 2 is 2.00 bits per heavy atom. The van der Waals surface area contributed by atoms with Crippen molar-refractivity contribution >= 4 is 35.6 Å². The number of halogens is 1. The van der Waals surface area contributed by atoms with Crippen LogP contribution in [0.2, 0.25) is 5.02 Å². The van der Waals surface area contributed by atoms with Gasteiger partial charge in [0.15, 0.2) is 0 Å². The molecule has 0 unspecified atom stereocenters. The second kappa shape index (κ2) is 10.5. The van der Waals surface area contributed by atoms with E-state index in [9.17, 15) is 19.5 Å². The maximum atomic E-state index is 13.1. The van der Waals surface area contributed by atoms with Crippen molar-refractivity contribution in [2.24, 2.45) is 17.8 Å². The molecule has 4 atom stereocenters. The Morgan fingerprint density at radius 3 is 2.66 bits per heavy atom. The molecule has 1 N–H and O–H groups in total. The van der Waals surface area contributed by atoms with Crippen molar-refractivity contribution in [1.29, 1.82) is 0 Å². The monoisotopic (exact) mass is 501 g/mol. The minimum atomic E-state index is -0.910. The Balaban J connectivity index is 1.55. The minimum absolute atomic E-state index is 0.124. The van der Waals surface area contributed by atoms with Gasteiger partial charge in [0.1, 0.15) is 5.75 Å². The molecule has 1 aromatic carbocycles.